The van der Waals surface area contributed by atoms with Crippen molar-refractivity contribution in [1.82, 2.24) is 14.8 Å². The molecule has 2 fully saturated rings. The minimum absolute atomic E-state index is 0.0382. The number of aromatic nitrogens is 1. The maximum absolute atomic E-state index is 13.9. The predicted molar refractivity (Wildman–Crippen MR) is 122 cm³/mol. The Hall–Kier alpha value is -2.54. The zero-order valence-electron chi connectivity index (χ0n) is 17.7. The number of amides is 1. The molecule has 0 aliphatic carbocycles. The molecule has 1 amide bonds. The number of rotatable bonds is 5. The maximum Gasteiger partial charge on any atom is 0.257 e. The second kappa shape index (κ2) is 8.54. The second-order valence-corrected chi connectivity index (χ2v) is 9.37. The minimum atomic E-state index is -0.860. The van der Waals surface area contributed by atoms with Gasteiger partial charge in [0.1, 0.15) is 0 Å². The Bertz CT molecular complexity index is 1040. The summed E-state index contributed by atoms with van der Waals surface area (Å²) in [6, 6.07) is 14.7. The molecule has 0 N–H and O–H groups in total. The van der Waals surface area contributed by atoms with Crippen LogP contribution in [0.5, 0.6) is 0 Å². The van der Waals surface area contributed by atoms with Crippen LogP contribution >= 0.6 is 11.3 Å². The van der Waals surface area contributed by atoms with Crippen molar-refractivity contribution in [3.63, 3.8) is 0 Å². The quantitative estimate of drug-likeness (QED) is 0.613. The summed E-state index contributed by atoms with van der Waals surface area (Å²) in [6.45, 7) is 6.13. The van der Waals surface area contributed by atoms with Crippen LogP contribution in [-0.2, 0) is 22.6 Å². The van der Waals surface area contributed by atoms with Crippen LogP contribution in [0.4, 0.5) is 0 Å². The van der Waals surface area contributed by atoms with E-state index in [0.717, 1.165) is 18.7 Å². The first-order valence-corrected chi connectivity index (χ1v) is 11.7. The van der Waals surface area contributed by atoms with E-state index in [-0.39, 0.29) is 11.8 Å². The molecule has 5 rings (SSSR count). The highest BCUT2D eigenvalue weighted by molar-refractivity contribution is 7.07. The monoisotopic (exact) mass is 433 g/mol. The van der Waals surface area contributed by atoms with E-state index in [2.05, 4.69) is 64.0 Å². The van der Waals surface area contributed by atoms with Gasteiger partial charge in [-0.05, 0) is 46.5 Å². The van der Waals surface area contributed by atoms with E-state index in [1.54, 1.807) is 17.5 Å². The van der Waals surface area contributed by atoms with Gasteiger partial charge in [0.05, 0.1) is 6.61 Å². The summed E-state index contributed by atoms with van der Waals surface area (Å²) in [5.74, 6) is 0.0642. The fourth-order valence-electron chi connectivity index (χ4n) is 4.94. The Labute approximate surface area is 187 Å². The van der Waals surface area contributed by atoms with Crippen molar-refractivity contribution in [2.45, 2.75) is 31.5 Å². The molecule has 0 radical (unpaired) electrons. The van der Waals surface area contributed by atoms with Crippen molar-refractivity contribution in [2.75, 3.05) is 26.2 Å². The lowest BCUT2D eigenvalue weighted by atomic mass is 9.83. The Morgan fingerprint density at radius 3 is 2.90 bits per heavy atom. The lowest BCUT2D eigenvalue weighted by Crippen LogP contribution is -2.59. The molecule has 1 spiro atoms. The Morgan fingerprint density at radius 2 is 2.13 bits per heavy atom. The number of thiophene rings is 1. The van der Waals surface area contributed by atoms with Crippen molar-refractivity contribution in [3.05, 3.63) is 87.9 Å². The number of carbonyl (C=O) groups is 1. The molecule has 160 valence electrons. The molecule has 0 bridgehead atoms. The highest BCUT2D eigenvalue weighted by Gasteiger charge is 2.56. The highest BCUT2D eigenvalue weighted by atomic mass is 32.1. The van der Waals surface area contributed by atoms with Crippen molar-refractivity contribution in [2.24, 2.45) is 0 Å². The molecule has 2 saturated heterocycles. The molecule has 2 aromatic heterocycles. The predicted octanol–water partition coefficient (Wildman–Crippen LogP) is 3.85. The zero-order chi connectivity index (χ0) is 21.3. The van der Waals surface area contributed by atoms with Crippen molar-refractivity contribution >= 4 is 17.2 Å². The number of hydrogen-bond acceptors (Lipinski definition) is 5. The van der Waals surface area contributed by atoms with E-state index in [9.17, 15) is 4.79 Å². The number of benzene rings is 1. The van der Waals surface area contributed by atoms with Crippen LogP contribution < -0.4 is 0 Å². The number of hydrogen-bond donors (Lipinski definition) is 0. The van der Waals surface area contributed by atoms with Gasteiger partial charge in [0.25, 0.3) is 5.91 Å². The summed E-state index contributed by atoms with van der Waals surface area (Å²) < 4.78 is 6.39. The van der Waals surface area contributed by atoms with Crippen LogP contribution in [0.2, 0.25) is 0 Å². The van der Waals surface area contributed by atoms with Crippen LogP contribution in [-0.4, -0.2) is 52.5 Å². The molecule has 0 unspecified atom stereocenters. The summed E-state index contributed by atoms with van der Waals surface area (Å²) in [4.78, 5) is 22.5. The average Bonchev–Trinajstić information content (AvgIpc) is 3.41. The molecule has 5 nitrogen and oxygen atoms in total. The number of aryl methyl sites for hydroxylation is 1. The molecular formula is C25H27N3O2S. The van der Waals surface area contributed by atoms with Gasteiger partial charge in [0.2, 0.25) is 0 Å². The largest absolute Gasteiger partial charge is 0.361 e. The van der Waals surface area contributed by atoms with E-state index in [0.29, 0.717) is 26.2 Å². The minimum Gasteiger partial charge on any atom is -0.361 e. The number of ether oxygens (including phenoxy) is 1. The summed E-state index contributed by atoms with van der Waals surface area (Å²) in [6.07, 6.45) is 3.67. The third-order valence-corrected chi connectivity index (χ3v) is 7.09. The standard InChI is InChI=1S/C25H27N3O2S/c1-19-4-2-5-20(12-19)14-27-16-23(22-6-3-8-26-13-22)25(18-27)24(29)28(9-10-30-25)15-21-7-11-31-17-21/h2-8,11-13,17,23H,9-10,14-16,18H2,1H3/t23-,25+/m0/s1. The number of morpholine rings is 1. The maximum atomic E-state index is 13.9. The van der Waals surface area contributed by atoms with Crippen LogP contribution in [0, 0.1) is 6.92 Å². The number of pyridine rings is 1. The van der Waals surface area contributed by atoms with Crippen LogP contribution in [0.15, 0.2) is 65.6 Å². The molecule has 3 aromatic rings. The molecule has 2 atom stereocenters. The Kier molecular flexibility index (Phi) is 5.61. The third-order valence-electron chi connectivity index (χ3n) is 6.36. The molecule has 1 aromatic carbocycles. The molecule has 31 heavy (non-hydrogen) atoms. The molecule has 4 heterocycles. The molecule has 2 aliphatic rings. The summed E-state index contributed by atoms with van der Waals surface area (Å²) in [5.41, 5.74) is 3.91. The summed E-state index contributed by atoms with van der Waals surface area (Å²) in [7, 11) is 0. The van der Waals surface area contributed by atoms with E-state index < -0.39 is 5.60 Å². The van der Waals surface area contributed by atoms with Gasteiger partial charge in [-0.15, -0.1) is 0 Å². The first kappa shape index (κ1) is 20.4. The number of likely N-dealkylation sites (tertiary alicyclic amines) is 1. The molecule has 0 saturated carbocycles. The SMILES string of the molecule is Cc1cccc(CN2C[C@@H](c3cccnc3)[C@@]3(C2)OCCN(Cc2ccsc2)C3=O)c1. The van der Waals surface area contributed by atoms with Gasteiger partial charge < -0.3 is 9.64 Å². The topological polar surface area (TPSA) is 45.7 Å². The van der Waals surface area contributed by atoms with Gasteiger partial charge in [0, 0.05) is 51.0 Å². The Morgan fingerprint density at radius 1 is 1.19 bits per heavy atom. The van der Waals surface area contributed by atoms with E-state index in [4.69, 9.17) is 4.74 Å². The van der Waals surface area contributed by atoms with E-state index >= 15 is 0 Å². The normalized spacial score (nSPS) is 24.2. The van der Waals surface area contributed by atoms with Gasteiger partial charge in [-0.2, -0.15) is 11.3 Å². The Balaban J connectivity index is 1.45. The summed E-state index contributed by atoms with van der Waals surface area (Å²) in [5, 5.41) is 4.18. The lowest BCUT2D eigenvalue weighted by Gasteiger charge is -2.42. The first-order valence-electron chi connectivity index (χ1n) is 10.8. The fourth-order valence-corrected chi connectivity index (χ4v) is 5.60. The third kappa shape index (κ3) is 4.03. The van der Waals surface area contributed by atoms with Gasteiger partial charge in [0.15, 0.2) is 5.60 Å². The number of nitrogens with zero attached hydrogens (tertiary/aromatic N) is 3. The number of carbonyl (C=O) groups excluding carboxylic acids is 1. The average molecular weight is 434 g/mol. The van der Waals surface area contributed by atoms with Gasteiger partial charge in [-0.25, -0.2) is 0 Å². The van der Waals surface area contributed by atoms with E-state index in [1.165, 1.54) is 16.7 Å². The molecule has 6 heteroatoms. The highest BCUT2D eigenvalue weighted by Crippen LogP contribution is 2.42. The lowest BCUT2D eigenvalue weighted by molar-refractivity contribution is -0.173. The van der Waals surface area contributed by atoms with E-state index in [1.807, 2.05) is 17.2 Å². The van der Waals surface area contributed by atoms with Crippen LogP contribution in [0.25, 0.3) is 0 Å². The van der Waals surface area contributed by atoms with Crippen LogP contribution in [0.1, 0.15) is 28.2 Å². The smallest absolute Gasteiger partial charge is 0.257 e. The van der Waals surface area contributed by atoms with Crippen molar-refractivity contribution in [3.8, 4) is 0 Å². The molecule has 2 aliphatic heterocycles. The summed E-state index contributed by atoms with van der Waals surface area (Å²) >= 11 is 1.67. The second-order valence-electron chi connectivity index (χ2n) is 8.59. The zero-order valence-corrected chi connectivity index (χ0v) is 18.6. The van der Waals surface area contributed by atoms with Gasteiger partial charge in [-0.3, -0.25) is 14.7 Å². The van der Waals surface area contributed by atoms with Crippen LogP contribution in [0.3, 0.4) is 0 Å². The van der Waals surface area contributed by atoms with Gasteiger partial charge in [-0.1, -0.05) is 35.9 Å². The first-order chi connectivity index (χ1) is 15.1. The fraction of sp³-hybridized carbons (Fsp3) is 0.360. The van der Waals surface area contributed by atoms with Gasteiger partial charge >= 0.3 is 0 Å². The van der Waals surface area contributed by atoms with Crippen molar-refractivity contribution in [1.29, 1.82) is 0 Å². The van der Waals surface area contributed by atoms with Crippen molar-refractivity contribution < 1.29 is 9.53 Å². The molecular weight excluding hydrogens is 406 g/mol.